The SMILES string of the molecule is CN(C)Cc1cncc(N[C@@H]2COCC[C@@H]2OCc2ccccc2)n1. The first kappa shape index (κ1) is 17.8. The molecule has 2 atom stereocenters. The van der Waals surface area contributed by atoms with Crippen LogP contribution in [0.25, 0.3) is 0 Å². The largest absolute Gasteiger partial charge is 0.379 e. The Kier molecular flexibility index (Phi) is 6.33. The lowest BCUT2D eigenvalue weighted by molar-refractivity contribution is -0.0479. The first-order valence-corrected chi connectivity index (χ1v) is 8.66. The summed E-state index contributed by atoms with van der Waals surface area (Å²) in [4.78, 5) is 11.0. The van der Waals surface area contributed by atoms with Gasteiger partial charge in [0.05, 0.1) is 37.3 Å². The number of anilines is 1. The maximum Gasteiger partial charge on any atom is 0.145 e. The van der Waals surface area contributed by atoms with Crippen LogP contribution in [0.15, 0.2) is 42.7 Å². The molecule has 3 rings (SSSR count). The van der Waals surface area contributed by atoms with E-state index in [1.54, 1.807) is 12.4 Å². The van der Waals surface area contributed by atoms with Gasteiger partial charge >= 0.3 is 0 Å². The first-order valence-electron chi connectivity index (χ1n) is 8.66. The second-order valence-electron chi connectivity index (χ2n) is 6.58. The summed E-state index contributed by atoms with van der Waals surface area (Å²) in [5, 5.41) is 3.44. The Labute approximate surface area is 149 Å². The quantitative estimate of drug-likeness (QED) is 0.833. The van der Waals surface area contributed by atoms with E-state index in [0.717, 1.165) is 31.1 Å². The van der Waals surface area contributed by atoms with Crippen LogP contribution in [0.3, 0.4) is 0 Å². The maximum absolute atomic E-state index is 6.15. The van der Waals surface area contributed by atoms with E-state index in [1.807, 2.05) is 32.3 Å². The molecular weight excluding hydrogens is 316 g/mol. The van der Waals surface area contributed by atoms with Gasteiger partial charge in [-0.05, 0) is 26.1 Å². The molecule has 0 aliphatic carbocycles. The van der Waals surface area contributed by atoms with E-state index in [-0.39, 0.29) is 12.1 Å². The summed E-state index contributed by atoms with van der Waals surface area (Å²) in [7, 11) is 4.04. The zero-order valence-corrected chi connectivity index (χ0v) is 14.9. The van der Waals surface area contributed by atoms with Crippen LogP contribution < -0.4 is 5.32 Å². The minimum absolute atomic E-state index is 0.0707. The summed E-state index contributed by atoms with van der Waals surface area (Å²) in [5.74, 6) is 0.767. The minimum Gasteiger partial charge on any atom is -0.379 e. The van der Waals surface area contributed by atoms with Crippen molar-refractivity contribution in [3.05, 3.63) is 54.0 Å². The summed E-state index contributed by atoms with van der Waals surface area (Å²) in [6.07, 6.45) is 4.51. The number of hydrogen-bond donors (Lipinski definition) is 1. The molecular formula is C19H26N4O2. The monoisotopic (exact) mass is 342 g/mol. The van der Waals surface area contributed by atoms with Crippen LogP contribution in [0, 0.1) is 0 Å². The third kappa shape index (κ3) is 5.49. The maximum atomic E-state index is 6.15. The molecule has 1 aliphatic rings. The Morgan fingerprint density at radius 1 is 1.24 bits per heavy atom. The number of ether oxygens (including phenoxy) is 2. The topological polar surface area (TPSA) is 59.5 Å². The molecule has 6 nitrogen and oxygen atoms in total. The fraction of sp³-hybridized carbons (Fsp3) is 0.474. The molecule has 1 fully saturated rings. The second-order valence-corrected chi connectivity index (χ2v) is 6.58. The molecule has 0 spiro atoms. The van der Waals surface area contributed by atoms with E-state index < -0.39 is 0 Å². The number of nitrogens with zero attached hydrogens (tertiary/aromatic N) is 3. The van der Waals surface area contributed by atoms with Gasteiger partial charge in [-0.3, -0.25) is 4.98 Å². The van der Waals surface area contributed by atoms with Crippen molar-refractivity contribution in [2.45, 2.75) is 31.7 Å². The summed E-state index contributed by atoms with van der Waals surface area (Å²) >= 11 is 0. The number of hydrogen-bond acceptors (Lipinski definition) is 6. The average molecular weight is 342 g/mol. The zero-order valence-electron chi connectivity index (χ0n) is 14.9. The predicted octanol–water partition coefficient (Wildman–Crippen LogP) is 2.32. The summed E-state index contributed by atoms with van der Waals surface area (Å²) in [5.41, 5.74) is 2.12. The molecule has 1 N–H and O–H groups in total. The summed E-state index contributed by atoms with van der Waals surface area (Å²) in [6.45, 7) is 2.71. The van der Waals surface area contributed by atoms with E-state index in [2.05, 4.69) is 32.3 Å². The van der Waals surface area contributed by atoms with Crippen molar-refractivity contribution in [3.8, 4) is 0 Å². The highest BCUT2D eigenvalue weighted by Gasteiger charge is 2.27. The minimum atomic E-state index is 0.0707. The molecule has 0 amide bonds. The van der Waals surface area contributed by atoms with Gasteiger partial charge < -0.3 is 19.7 Å². The third-order valence-corrected chi connectivity index (χ3v) is 4.10. The van der Waals surface area contributed by atoms with Gasteiger partial charge in [-0.25, -0.2) is 4.98 Å². The van der Waals surface area contributed by atoms with E-state index in [9.17, 15) is 0 Å². The van der Waals surface area contributed by atoms with Gasteiger partial charge in [-0.15, -0.1) is 0 Å². The van der Waals surface area contributed by atoms with Gasteiger partial charge in [0.1, 0.15) is 5.82 Å². The summed E-state index contributed by atoms with van der Waals surface area (Å²) < 4.78 is 11.8. The van der Waals surface area contributed by atoms with Crippen molar-refractivity contribution in [2.24, 2.45) is 0 Å². The van der Waals surface area contributed by atoms with Crippen LogP contribution in [-0.2, 0) is 22.6 Å². The standard InChI is InChI=1S/C19H26N4O2/c1-23(2)12-16-10-20-11-19(21-16)22-17-14-24-9-8-18(17)25-13-15-6-4-3-5-7-15/h3-7,10-11,17-18H,8-9,12-14H2,1-2H3,(H,21,22)/t17-,18+/m1/s1. The molecule has 2 aromatic rings. The molecule has 6 heteroatoms. The molecule has 2 heterocycles. The highest BCUT2D eigenvalue weighted by atomic mass is 16.5. The van der Waals surface area contributed by atoms with Crippen LogP contribution in [0.2, 0.25) is 0 Å². The Bertz CT molecular complexity index is 651. The van der Waals surface area contributed by atoms with Crippen LogP contribution in [0.5, 0.6) is 0 Å². The molecule has 1 aromatic heterocycles. The molecule has 0 radical (unpaired) electrons. The van der Waals surface area contributed by atoms with Crippen LogP contribution in [-0.4, -0.2) is 54.3 Å². The van der Waals surface area contributed by atoms with Crippen molar-refractivity contribution in [1.29, 1.82) is 0 Å². The Morgan fingerprint density at radius 3 is 2.88 bits per heavy atom. The Hall–Kier alpha value is -2.02. The van der Waals surface area contributed by atoms with Gasteiger partial charge in [-0.1, -0.05) is 30.3 Å². The molecule has 0 saturated carbocycles. The van der Waals surface area contributed by atoms with Gasteiger partial charge in [0.15, 0.2) is 0 Å². The number of rotatable bonds is 7. The zero-order chi connectivity index (χ0) is 17.5. The fourth-order valence-corrected chi connectivity index (χ4v) is 2.90. The van der Waals surface area contributed by atoms with E-state index in [0.29, 0.717) is 13.2 Å². The van der Waals surface area contributed by atoms with Gasteiger partial charge in [0, 0.05) is 19.3 Å². The number of nitrogens with one attached hydrogen (secondary N) is 1. The molecule has 1 saturated heterocycles. The lowest BCUT2D eigenvalue weighted by Gasteiger charge is -2.32. The molecule has 25 heavy (non-hydrogen) atoms. The van der Waals surface area contributed by atoms with Gasteiger partial charge in [0.2, 0.25) is 0 Å². The summed E-state index contributed by atoms with van der Waals surface area (Å²) in [6, 6.07) is 10.3. The van der Waals surface area contributed by atoms with Crippen LogP contribution in [0.1, 0.15) is 17.7 Å². The lowest BCUT2D eigenvalue weighted by atomic mass is 10.1. The third-order valence-electron chi connectivity index (χ3n) is 4.10. The number of aromatic nitrogens is 2. The Balaban J connectivity index is 1.61. The van der Waals surface area contributed by atoms with Crippen molar-refractivity contribution in [1.82, 2.24) is 14.9 Å². The highest BCUT2D eigenvalue weighted by Crippen LogP contribution is 2.18. The van der Waals surface area contributed by atoms with Crippen LogP contribution >= 0.6 is 0 Å². The number of benzene rings is 1. The molecule has 134 valence electrons. The molecule has 0 unspecified atom stereocenters. The Morgan fingerprint density at radius 2 is 2.08 bits per heavy atom. The normalized spacial score (nSPS) is 20.6. The van der Waals surface area contributed by atoms with Crippen LogP contribution in [0.4, 0.5) is 5.82 Å². The molecule has 1 aliphatic heterocycles. The van der Waals surface area contributed by atoms with Crippen molar-refractivity contribution in [2.75, 3.05) is 32.6 Å². The average Bonchev–Trinajstić information content (AvgIpc) is 2.62. The van der Waals surface area contributed by atoms with Gasteiger partial charge in [0.25, 0.3) is 0 Å². The predicted molar refractivity (Wildman–Crippen MR) is 97.3 cm³/mol. The van der Waals surface area contributed by atoms with Crippen molar-refractivity contribution in [3.63, 3.8) is 0 Å². The fourth-order valence-electron chi connectivity index (χ4n) is 2.90. The van der Waals surface area contributed by atoms with Crippen molar-refractivity contribution < 1.29 is 9.47 Å². The smallest absolute Gasteiger partial charge is 0.145 e. The lowest BCUT2D eigenvalue weighted by Crippen LogP contribution is -2.44. The van der Waals surface area contributed by atoms with E-state index in [1.165, 1.54) is 5.56 Å². The highest BCUT2D eigenvalue weighted by molar-refractivity contribution is 5.34. The molecule has 0 bridgehead atoms. The second kappa shape index (κ2) is 8.89. The van der Waals surface area contributed by atoms with E-state index >= 15 is 0 Å². The first-order chi connectivity index (χ1) is 12.2. The molecule has 1 aromatic carbocycles. The van der Waals surface area contributed by atoms with E-state index in [4.69, 9.17) is 9.47 Å². The van der Waals surface area contributed by atoms with Crippen molar-refractivity contribution >= 4 is 5.82 Å². The van der Waals surface area contributed by atoms with Gasteiger partial charge in [-0.2, -0.15) is 0 Å².